The summed E-state index contributed by atoms with van der Waals surface area (Å²) in [6.07, 6.45) is 6.99. The van der Waals surface area contributed by atoms with Crippen molar-refractivity contribution in [2.75, 3.05) is 19.6 Å². The topological polar surface area (TPSA) is 48.9 Å². The van der Waals surface area contributed by atoms with Gasteiger partial charge in [-0.1, -0.05) is 31.2 Å². The van der Waals surface area contributed by atoms with Crippen LogP contribution in [0, 0.1) is 5.92 Å². The Morgan fingerprint density at radius 3 is 2.71 bits per heavy atom. The lowest BCUT2D eigenvalue weighted by atomic mass is 9.96. The molecule has 0 saturated carbocycles. The summed E-state index contributed by atoms with van der Waals surface area (Å²) in [5, 5.41) is 7.01. The molecular weight excluding hydrogens is 348 g/mol. The first-order valence-electron chi connectivity index (χ1n) is 11.2. The van der Waals surface area contributed by atoms with Gasteiger partial charge in [0, 0.05) is 13.1 Å². The maximum atomic E-state index is 5.97. The Bertz CT molecular complexity index is 668. The van der Waals surface area contributed by atoms with E-state index in [9.17, 15) is 0 Å². The fourth-order valence-corrected chi connectivity index (χ4v) is 4.76. The van der Waals surface area contributed by atoms with Gasteiger partial charge in [-0.15, -0.1) is 0 Å². The summed E-state index contributed by atoms with van der Waals surface area (Å²) in [5.74, 6) is 1.80. The fraction of sp³-hybridized carbons (Fsp3) is 0.696. The molecule has 2 bridgehead atoms. The molecule has 154 valence electrons. The van der Waals surface area contributed by atoms with Crippen LogP contribution in [0.25, 0.3) is 0 Å². The van der Waals surface area contributed by atoms with Crippen LogP contribution in [-0.4, -0.2) is 48.7 Å². The number of hydrogen-bond acceptors (Lipinski definition) is 3. The zero-order chi connectivity index (χ0) is 19.3. The molecule has 5 heteroatoms. The first-order chi connectivity index (χ1) is 13.7. The minimum atomic E-state index is 0.365. The third-order valence-corrected chi connectivity index (χ3v) is 6.47. The van der Waals surface area contributed by atoms with Gasteiger partial charge in [0.15, 0.2) is 5.96 Å². The summed E-state index contributed by atoms with van der Waals surface area (Å²) < 4.78 is 5.97. The maximum Gasteiger partial charge on any atom is 0.191 e. The number of nitrogens with one attached hydrogen (secondary N) is 2. The Hall–Kier alpha value is -1.59. The van der Waals surface area contributed by atoms with Crippen LogP contribution >= 0.6 is 0 Å². The van der Waals surface area contributed by atoms with Gasteiger partial charge >= 0.3 is 0 Å². The molecule has 0 spiro atoms. The fourth-order valence-electron chi connectivity index (χ4n) is 4.76. The largest absolute Gasteiger partial charge is 0.373 e. The van der Waals surface area contributed by atoms with Crippen LogP contribution in [0.4, 0.5) is 0 Å². The van der Waals surface area contributed by atoms with Crippen LogP contribution < -0.4 is 10.6 Å². The Kier molecular flexibility index (Phi) is 6.53. The Labute approximate surface area is 169 Å². The Morgan fingerprint density at radius 2 is 2.00 bits per heavy atom. The van der Waals surface area contributed by atoms with Gasteiger partial charge < -0.3 is 15.4 Å². The Morgan fingerprint density at radius 1 is 1.18 bits per heavy atom. The van der Waals surface area contributed by atoms with Crippen LogP contribution in [0.1, 0.15) is 57.1 Å². The molecule has 3 heterocycles. The van der Waals surface area contributed by atoms with Gasteiger partial charge in [-0.3, -0.25) is 4.90 Å². The number of hydrogen-bond donors (Lipinski definition) is 2. The van der Waals surface area contributed by atoms with E-state index in [0.717, 1.165) is 31.4 Å². The van der Waals surface area contributed by atoms with Crippen molar-refractivity contribution >= 4 is 5.96 Å². The van der Waals surface area contributed by atoms with E-state index < -0.39 is 0 Å². The van der Waals surface area contributed by atoms with Gasteiger partial charge in [0.05, 0.1) is 24.8 Å². The average Bonchev–Trinajstić information content (AvgIpc) is 3.32. The second-order valence-electron chi connectivity index (χ2n) is 8.83. The molecule has 3 saturated heterocycles. The molecule has 3 aliphatic rings. The number of likely N-dealkylation sites (tertiary alicyclic amines) is 1. The van der Waals surface area contributed by atoms with Crippen LogP contribution in [0.15, 0.2) is 29.3 Å². The maximum absolute atomic E-state index is 5.97. The van der Waals surface area contributed by atoms with E-state index in [1.54, 1.807) is 0 Å². The number of rotatable bonds is 6. The van der Waals surface area contributed by atoms with Crippen molar-refractivity contribution < 1.29 is 4.74 Å². The number of nitrogens with zero attached hydrogens (tertiary/aromatic N) is 2. The highest BCUT2D eigenvalue weighted by Gasteiger charge is 2.41. The van der Waals surface area contributed by atoms with Crippen LogP contribution in [0.2, 0.25) is 0 Å². The number of benzene rings is 1. The molecule has 1 aromatic rings. The predicted octanol–water partition coefficient (Wildman–Crippen LogP) is 3.29. The molecule has 3 aliphatic heterocycles. The number of aliphatic imine (C=N–C) groups is 1. The standard InChI is InChI=1S/C23H36N4O/c1-3-24-23(26-21-14-20-7-8-22(21)28-20)25-15-18-5-4-6-19(13-18)16-27-11-9-17(2)10-12-27/h4-6,13,17,20-22H,3,7-12,14-16H2,1-2H3,(H2,24,25,26). The van der Waals surface area contributed by atoms with Crippen molar-refractivity contribution in [2.45, 2.75) is 77.3 Å². The molecule has 4 rings (SSSR count). The number of fused-ring (bicyclic) bond motifs is 2. The van der Waals surface area contributed by atoms with Gasteiger partial charge in [-0.2, -0.15) is 0 Å². The van der Waals surface area contributed by atoms with Crippen LogP contribution in [0.5, 0.6) is 0 Å². The number of piperidine rings is 1. The smallest absolute Gasteiger partial charge is 0.191 e. The lowest BCUT2D eigenvalue weighted by Gasteiger charge is -2.30. The molecule has 2 N–H and O–H groups in total. The molecular formula is C23H36N4O. The zero-order valence-corrected chi connectivity index (χ0v) is 17.5. The van der Waals surface area contributed by atoms with Gasteiger partial charge in [0.1, 0.15) is 0 Å². The number of ether oxygens (including phenoxy) is 1. The summed E-state index contributed by atoms with van der Waals surface area (Å²) in [6, 6.07) is 9.35. The third kappa shape index (κ3) is 5.06. The second kappa shape index (κ2) is 9.27. The van der Waals surface area contributed by atoms with E-state index in [2.05, 4.69) is 53.6 Å². The van der Waals surface area contributed by atoms with E-state index in [1.807, 2.05) is 0 Å². The number of guanidine groups is 1. The monoisotopic (exact) mass is 384 g/mol. The minimum Gasteiger partial charge on any atom is -0.373 e. The van der Waals surface area contributed by atoms with Gasteiger partial charge in [-0.05, 0) is 69.2 Å². The molecule has 0 radical (unpaired) electrons. The van der Waals surface area contributed by atoms with Gasteiger partial charge in [0.25, 0.3) is 0 Å². The molecule has 3 atom stereocenters. The van der Waals surface area contributed by atoms with Crippen molar-refractivity contribution in [3.8, 4) is 0 Å². The van der Waals surface area contributed by atoms with Crippen molar-refractivity contribution in [1.29, 1.82) is 0 Å². The van der Waals surface area contributed by atoms with E-state index >= 15 is 0 Å². The van der Waals surface area contributed by atoms with Crippen molar-refractivity contribution in [3.05, 3.63) is 35.4 Å². The highest BCUT2D eigenvalue weighted by Crippen LogP contribution is 2.34. The minimum absolute atomic E-state index is 0.365. The summed E-state index contributed by atoms with van der Waals surface area (Å²) in [5.41, 5.74) is 2.69. The molecule has 0 aromatic heterocycles. The molecule has 3 unspecified atom stereocenters. The normalized spacial score (nSPS) is 28.6. The molecule has 0 amide bonds. The summed E-state index contributed by atoms with van der Waals surface area (Å²) in [7, 11) is 0. The molecule has 28 heavy (non-hydrogen) atoms. The van der Waals surface area contributed by atoms with E-state index in [-0.39, 0.29) is 0 Å². The van der Waals surface area contributed by atoms with Crippen molar-refractivity contribution in [1.82, 2.24) is 15.5 Å². The van der Waals surface area contributed by atoms with Crippen molar-refractivity contribution in [2.24, 2.45) is 10.9 Å². The van der Waals surface area contributed by atoms with Gasteiger partial charge in [0.2, 0.25) is 0 Å². The highest BCUT2D eigenvalue weighted by atomic mass is 16.5. The Balaban J connectivity index is 1.34. The first-order valence-corrected chi connectivity index (χ1v) is 11.2. The van der Waals surface area contributed by atoms with E-state index in [0.29, 0.717) is 24.8 Å². The first kappa shape index (κ1) is 19.7. The van der Waals surface area contributed by atoms with Crippen molar-refractivity contribution in [3.63, 3.8) is 0 Å². The quantitative estimate of drug-likeness (QED) is 0.584. The zero-order valence-electron chi connectivity index (χ0n) is 17.5. The lowest BCUT2D eigenvalue weighted by Crippen LogP contribution is -2.47. The molecule has 3 fully saturated rings. The van der Waals surface area contributed by atoms with E-state index in [1.165, 1.54) is 49.9 Å². The summed E-state index contributed by atoms with van der Waals surface area (Å²) in [6.45, 7) is 9.59. The summed E-state index contributed by atoms with van der Waals surface area (Å²) >= 11 is 0. The van der Waals surface area contributed by atoms with E-state index in [4.69, 9.17) is 9.73 Å². The predicted molar refractivity (Wildman–Crippen MR) is 114 cm³/mol. The lowest BCUT2D eigenvalue weighted by molar-refractivity contribution is 0.0992. The van der Waals surface area contributed by atoms with Gasteiger partial charge in [-0.25, -0.2) is 4.99 Å². The van der Waals surface area contributed by atoms with Crippen LogP contribution in [0.3, 0.4) is 0 Å². The average molecular weight is 385 g/mol. The van der Waals surface area contributed by atoms with Crippen LogP contribution in [-0.2, 0) is 17.8 Å². The molecule has 1 aromatic carbocycles. The molecule has 0 aliphatic carbocycles. The SMILES string of the molecule is CCNC(=NCc1cccc(CN2CCC(C)CC2)c1)NC1CC2CCC1O2. The second-order valence-corrected chi connectivity index (χ2v) is 8.83. The summed E-state index contributed by atoms with van der Waals surface area (Å²) in [4.78, 5) is 7.44. The third-order valence-electron chi connectivity index (χ3n) is 6.47. The highest BCUT2D eigenvalue weighted by molar-refractivity contribution is 5.80. The molecule has 5 nitrogen and oxygen atoms in total.